The number of aliphatic carboxylic acids is 1. The average molecular weight is 405 g/mol. The highest BCUT2D eigenvalue weighted by molar-refractivity contribution is 5.80. The Morgan fingerprint density at radius 2 is 1.62 bits per heavy atom. The molecule has 0 radical (unpaired) electrons. The van der Waals surface area contributed by atoms with Crippen molar-refractivity contribution in [2.45, 2.75) is 18.5 Å². The molecule has 2 atom stereocenters. The zero-order valence-corrected chi connectivity index (χ0v) is 15.2. The van der Waals surface area contributed by atoms with E-state index < -0.39 is 42.5 Å². The lowest BCUT2D eigenvalue weighted by molar-refractivity contribution is -0.206. The molecule has 0 aromatic heterocycles. The van der Waals surface area contributed by atoms with Gasteiger partial charge < -0.3 is 15.2 Å². The van der Waals surface area contributed by atoms with E-state index in [2.05, 4.69) is 5.32 Å². The fourth-order valence-corrected chi connectivity index (χ4v) is 4.16. The van der Waals surface area contributed by atoms with Gasteiger partial charge >= 0.3 is 18.2 Å². The van der Waals surface area contributed by atoms with Gasteiger partial charge in [0.05, 0.1) is 0 Å². The topological polar surface area (TPSA) is 75.6 Å². The number of amides is 1. The van der Waals surface area contributed by atoms with Gasteiger partial charge in [0.1, 0.15) is 6.61 Å². The molecule has 5 nitrogen and oxygen atoms in total. The number of carboxylic acids is 1. The summed E-state index contributed by atoms with van der Waals surface area (Å²) in [4.78, 5) is 23.1. The minimum absolute atomic E-state index is 0.0356. The molecule has 4 rings (SSSR count). The van der Waals surface area contributed by atoms with Crippen LogP contribution in [0, 0.1) is 11.3 Å². The van der Waals surface area contributed by atoms with Crippen LogP contribution in [-0.2, 0) is 9.53 Å². The third kappa shape index (κ3) is 3.12. The van der Waals surface area contributed by atoms with Crippen LogP contribution in [0.5, 0.6) is 0 Å². The van der Waals surface area contributed by atoms with Crippen LogP contribution in [0.2, 0.25) is 0 Å². The fraction of sp³-hybridized carbons (Fsp3) is 0.333. The number of benzene rings is 2. The number of alkyl carbamates (subject to hydrolysis) is 1. The fourth-order valence-electron chi connectivity index (χ4n) is 4.16. The summed E-state index contributed by atoms with van der Waals surface area (Å²) in [5, 5.41) is 11.2. The van der Waals surface area contributed by atoms with Gasteiger partial charge in [-0.1, -0.05) is 48.5 Å². The average Bonchev–Trinajstić information content (AvgIpc) is 3.36. The normalized spacial score (nSPS) is 22.5. The van der Waals surface area contributed by atoms with Crippen molar-refractivity contribution in [1.82, 2.24) is 5.32 Å². The zero-order valence-electron chi connectivity index (χ0n) is 15.2. The molecule has 1 amide bonds. The first-order chi connectivity index (χ1) is 13.8. The highest BCUT2D eigenvalue weighted by Crippen LogP contribution is 2.62. The van der Waals surface area contributed by atoms with Gasteiger partial charge in [-0.25, -0.2) is 4.79 Å². The zero-order chi connectivity index (χ0) is 20.8. The van der Waals surface area contributed by atoms with Gasteiger partial charge in [0.25, 0.3) is 0 Å². The summed E-state index contributed by atoms with van der Waals surface area (Å²) in [5.74, 6) is -3.27. The number of carbonyl (C=O) groups excluding carboxylic acids is 1. The van der Waals surface area contributed by atoms with Crippen molar-refractivity contribution >= 4 is 12.1 Å². The second-order valence-electron chi connectivity index (χ2n) is 7.38. The first kappa shape index (κ1) is 19.3. The lowest BCUT2D eigenvalue weighted by Gasteiger charge is -2.17. The van der Waals surface area contributed by atoms with Crippen LogP contribution in [0.1, 0.15) is 23.5 Å². The summed E-state index contributed by atoms with van der Waals surface area (Å²) in [7, 11) is 0. The van der Waals surface area contributed by atoms with Crippen LogP contribution < -0.4 is 5.32 Å². The number of rotatable bonds is 5. The lowest BCUT2D eigenvalue weighted by atomic mass is 9.98. The number of halogens is 3. The Labute approximate surface area is 164 Å². The van der Waals surface area contributed by atoms with Crippen LogP contribution in [-0.4, -0.2) is 36.5 Å². The number of carboxylic acid groups (broad SMARTS) is 1. The molecule has 0 aliphatic heterocycles. The van der Waals surface area contributed by atoms with Crippen molar-refractivity contribution in [1.29, 1.82) is 0 Å². The quantitative estimate of drug-likeness (QED) is 0.783. The molecule has 0 saturated heterocycles. The Hall–Kier alpha value is -3.03. The van der Waals surface area contributed by atoms with Crippen molar-refractivity contribution in [2.75, 3.05) is 13.2 Å². The monoisotopic (exact) mass is 405 g/mol. The number of alkyl halides is 3. The van der Waals surface area contributed by atoms with E-state index in [1.54, 1.807) is 0 Å². The van der Waals surface area contributed by atoms with Gasteiger partial charge in [-0.3, -0.25) is 4.79 Å². The number of nitrogens with one attached hydrogen (secondary N) is 1. The molecular formula is C21H18F3NO4. The van der Waals surface area contributed by atoms with Gasteiger partial charge in [0, 0.05) is 18.4 Å². The summed E-state index contributed by atoms with van der Waals surface area (Å²) < 4.78 is 44.3. The second-order valence-corrected chi connectivity index (χ2v) is 7.38. The van der Waals surface area contributed by atoms with Crippen LogP contribution in [0.25, 0.3) is 11.1 Å². The number of carbonyl (C=O) groups is 2. The highest BCUT2D eigenvalue weighted by atomic mass is 19.4. The molecule has 2 aromatic carbocycles. The molecule has 0 bridgehead atoms. The molecule has 1 fully saturated rings. The minimum atomic E-state index is -4.85. The van der Waals surface area contributed by atoms with Crippen LogP contribution in [0.3, 0.4) is 0 Å². The van der Waals surface area contributed by atoms with E-state index in [9.17, 15) is 22.8 Å². The van der Waals surface area contributed by atoms with E-state index >= 15 is 0 Å². The van der Waals surface area contributed by atoms with E-state index in [-0.39, 0.29) is 12.5 Å². The number of fused-ring (bicyclic) bond motifs is 3. The predicted octanol–water partition coefficient (Wildman–Crippen LogP) is 4.18. The molecule has 2 aromatic rings. The van der Waals surface area contributed by atoms with Crippen molar-refractivity contribution in [3.05, 3.63) is 59.7 Å². The second kappa shape index (κ2) is 6.79. The molecule has 0 spiro atoms. The van der Waals surface area contributed by atoms with Gasteiger partial charge in [0.2, 0.25) is 0 Å². The lowest BCUT2D eigenvalue weighted by Crippen LogP contribution is -2.37. The third-order valence-corrected chi connectivity index (χ3v) is 5.83. The summed E-state index contributed by atoms with van der Waals surface area (Å²) in [6, 6.07) is 15.5. The maximum atomic E-state index is 13.0. The molecule has 0 heterocycles. The Morgan fingerprint density at radius 3 is 2.10 bits per heavy atom. The minimum Gasteiger partial charge on any atom is -0.481 e. The molecule has 2 unspecified atom stereocenters. The van der Waals surface area contributed by atoms with E-state index in [4.69, 9.17) is 9.84 Å². The molecule has 29 heavy (non-hydrogen) atoms. The molecular weight excluding hydrogens is 387 g/mol. The molecule has 1 saturated carbocycles. The molecule has 2 aliphatic carbocycles. The largest absolute Gasteiger partial charge is 0.481 e. The third-order valence-electron chi connectivity index (χ3n) is 5.83. The van der Waals surface area contributed by atoms with Crippen molar-refractivity contribution < 1.29 is 32.6 Å². The molecule has 8 heteroatoms. The van der Waals surface area contributed by atoms with E-state index in [1.807, 2.05) is 48.5 Å². The predicted molar refractivity (Wildman–Crippen MR) is 97.3 cm³/mol. The standard InChI is InChI=1S/C21H18F3NO4/c22-21(23,24)20(18(26)27)9-12(20)10-25-19(28)29-11-17-15-7-3-1-5-13(15)14-6-2-4-8-16(14)17/h1-8,12,17H,9-11H2,(H,25,28)(H,26,27). The first-order valence-corrected chi connectivity index (χ1v) is 9.14. The summed E-state index contributed by atoms with van der Waals surface area (Å²) >= 11 is 0. The maximum absolute atomic E-state index is 13.0. The van der Waals surface area contributed by atoms with Gasteiger partial charge in [-0.05, 0) is 28.7 Å². The van der Waals surface area contributed by atoms with Gasteiger partial charge in [0.15, 0.2) is 5.41 Å². The van der Waals surface area contributed by atoms with Crippen molar-refractivity contribution in [3.8, 4) is 11.1 Å². The molecule has 2 N–H and O–H groups in total. The van der Waals surface area contributed by atoms with E-state index in [0.717, 1.165) is 22.3 Å². The number of hydrogen-bond donors (Lipinski definition) is 2. The van der Waals surface area contributed by atoms with Crippen molar-refractivity contribution in [3.63, 3.8) is 0 Å². The van der Waals surface area contributed by atoms with Crippen LogP contribution in [0.15, 0.2) is 48.5 Å². The Balaban J connectivity index is 1.37. The first-order valence-electron chi connectivity index (χ1n) is 9.14. The summed E-state index contributed by atoms with van der Waals surface area (Å²) in [6.45, 7) is -0.365. The summed E-state index contributed by atoms with van der Waals surface area (Å²) in [6.07, 6.45) is -6.26. The SMILES string of the molecule is O=C(NCC1CC1(C(=O)O)C(F)(F)F)OCC1c2ccccc2-c2ccccc21. The number of hydrogen-bond acceptors (Lipinski definition) is 3. The van der Waals surface area contributed by atoms with Crippen molar-refractivity contribution in [2.24, 2.45) is 11.3 Å². The molecule has 152 valence electrons. The Kier molecular flexibility index (Phi) is 4.52. The van der Waals surface area contributed by atoms with Gasteiger partial charge in [-0.15, -0.1) is 0 Å². The Morgan fingerprint density at radius 1 is 1.07 bits per heavy atom. The molecule has 2 aliphatic rings. The van der Waals surface area contributed by atoms with Crippen LogP contribution >= 0.6 is 0 Å². The van der Waals surface area contributed by atoms with E-state index in [0.29, 0.717) is 0 Å². The van der Waals surface area contributed by atoms with Gasteiger partial charge in [-0.2, -0.15) is 13.2 Å². The Bertz CT molecular complexity index is 929. The highest BCUT2D eigenvalue weighted by Gasteiger charge is 2.75. The maximum Gasteiger partial charge on any atom is 0.407 e. The van der Waals surface area contributed by atoms with E-state index in [1.165, 1.54) is 0 Å². The smallest absolute Gasteiger partial charge is 0.407 e. The van der Waals surface area contributed by atoms with Crippen LogP contribution in [0.4, 0.5) is 18.0 Å². The summed E-state index contributed by atoms with van der Waals surface area (Å²) in [5.41, 5.74) is 1.39. The number of ether oxygens (including phenoxy) is 1.